The SMILES string of the molecule is O=C(c1cncc(F)c1)N1CCC(CCBr)C1. The van der Waals surface area contributed by atoms with E-state index >= 15 is 0 Å². The van der Waals surface area contributed by atoms with Gasteiger partial charge in [-0.25, -0.2) is 4.39 Å². The molecule has 1 aliphatic rings. The number of carbonyl (C=O) groups is 1. The van der Waals surface area contributed by atoms with Gasteiger partial charge in [0.25, 0.3) is 5.91 Å². The van der Waals surface area contributed by atoms with Crippen molar-refractivity contribution in [2.24, 2.45) is 5.92 Å². The summed E-state index contributed by atoms with van der Waals surface area (Å²) in [5.41, 5.74) is 0.337. The van der Waals surface area contributed by atoms with E-state index in [-0.39, 0.29) is 5.91 Å². The summed E-state index contributed by atoms with van der Waals surface area (Å²) in [5.74, 6) is -0.0269. The first-order chi connectivity index (χ1) is 8.20. The highest BCUT2D eigenvalue weighted by atomic mass is 79.9. The Balaban J connectivity index is 2.02. The molecular formula is C12H14BrFN2O. The molecule has 5 heteroatoms. The zero-order valence-corrected chi connectivity index (χ0v) is 11.0. The average Bonchev–Trinajstić information content (AvgIpc) is 2.77. The molecule has 1 unspecified atom stereocenters. The van der Waals surface area contributed by atoms with E-state index in [0.717, 1.165) is 37.5 Å². The minimum atomic E-state index is -0.466. The summed E-state index contributed by atoms with van der Waals surface area (Å²) in [7, 11) is 0. The summed E-state index contributed by atoms with van der Waals surface area (Å²) < 4.78 is 13.0. The number of pyridine rings is 1. The molecule has 0 aromatic carbocycles. The number of rotatable bonds is 3. The summed E-state index contributed by atoms with van der Waals surface area (Å²) in [6, 6.07) is 1.24. The van der Waals surface area contributed by atoms with Crippen LogP contribution >= 0.6 is 15.9 Å². The smallest absolute Gasteiger partial charge is 0.255 e. The lowest BCUT2D eigenvalue weighted by molar-refractivity contribution is 0.0786. The first kappa shape index (κ1) is 12.5. The maximum absolute atomic E-state index is 13.0. The highest BCUT2D eigenvalue weighted by Crippen LogP contribution is 2.22. The van der Waals surface area contributed by atoms with Crippen LogP contribution in [0.1, 0.15) is 23.2 Å². The average molecular weight is 301 g/mol. The Bertz CT molecular complexity index is 413. The van der Waals surface area contributed by atoms with Gasteiger partial charge in [0.1, 0.15) is 5.82 Å². The predicted molar refractivity (Wildman–Crippen MR) is 66.6 cm³/mol. The van der Waals surface area contributed by atoms with Crippen LogP contribution in [0.4, 0.5) is 4.39 Å². The van der Waals surface area contributed by atoms with Gasteiger partial charge in [-0.2, -0.15) is 0 Å². The van der Waals surface area contributed by atoms with Crippen LogP contribution in [0.5, 0.6) is 0 Å². The van der Waals surface area contributed by atoms with Crippen LogP contribution in [0.3, 0.4) is 0 Å². The second-order valence-corrected chi connectivity index (χ2v) is 5.07. The van der Waals surface area contributed by atoms with Crippen molar-refractivity contribution >= 4 is 21.8 Å². The Morgan fingerprint density at radius 2 is 2.41 bits per heavy atom. The van der Waals surface area contributed by atoms with E-state index in [1.54, 1.807) is 4.90 Å². The van der Waals surface area contributed by atoms with Crippen molar-refractivity contribution < 1.29 is 9.18 Å². The number of carbonyl (C=O) groups excluding carboxylic acids is 1. The maximum atomic E-state index is 13.0. The second kappa shape index (κ2) is 5.58. The molecule has 0 N–H and O–H groups in total. The molecule has 0 spiro atoms. The lowest BCUT2D eigenvalue weighted by Gasteiger charge is -2.16. The van der Waals surface area contributed by atoms with Crippen LogP contribution < -0.4 is 0 Å². The van der Waals surface area contributed by atoms with Crippen LogP contribution in [0.15, 0.2) is 18.5 Å². The summed E-state index contributed by atoms with van der Waals surface area (Å²) in [5, 5.41) is 0.960. The third kappa shape index (κ3) is 3.03. The van der Waals surface area contributed by atoms with E-state index in [1.807, 2.05) is 0 Å². The molecule has 3 nitrogen and oxygen atoms in total. The van der Waals surface area contributed by atoms with E-state index < -0.39 is 5.82 Å². The fraction of sp³-hybridized carbons (Fsp3) is 0.500. The van der Waals surface area contributed by atoms with Gasteiger partial charge in [-0.15, -0.1) is 0 Å². The summed E-state index contributed by atoms with van der Waals surface area (Å²) in [6.07, 6.45) is 4.63. The highest BCUT2D eigenvalue weighted by Gasteiger charge is 2.26. The van der Waals surface area contributed by atoms with E-state index in [1.165, 1.54) is 12.3 Å². The van der Waals surface area contributed by atoms with Crippen molar-refractivity contribution in [2.75, 3.05) is 18.4 Å². The second-order valence-electron chi connectivity index (χ2n) is 4.28. The molecule has 1 amide bonds. The van der Waals surface area contributed by atoms with Gasteiger partial charge in [0.05, 0.1) is 11.8 Å². The number of likely N-dealkylation sites (tertiary alicyclic amines) is 1. The molecule has 2 rings (SSSR count). The topological polar surface area (TPSA) is 33.2 Å². The molecule has 1 fully saturated rings. The molecule has 1 aromatic rings. The van der Waals surface area contributed by atoms with Gasteiger partial charge in [-0.1, -0.05) is 15.9 Å². The fourth-order valence-electron chi connectivity index (χ4n) is 2.12. The number of halogens is 2. The van der Waals surface area contributed by atoms with E-state index in [0.29, 0.717) is 11.5 Å². The maximum Gasteiger partial charge on any atom is 0.255 e. The zero-order valence-electron chi connectivity index (χ0n) is 9.40. The molecule has 0 aliphatic carbocycles. The molecular weight excluding hydrogens is 287 g/mol. The standard InChI is InChI=1S/C12H14BrFN2O/c13-3-1-9-2-4-16(8-9)12(17)10-5-11(14)7-15-6-10/h5-7,9H,1-4,8H2. The molecule has 1 saturated heterocycles. The van der Waals surface area contributed by atoms with Crippen molar-refractivity contribution in [3.8, 4) is 0 Å². The van der Waals surface area contributed by atoms with Gasteiger partial charge < -0.3 is 4.90 Å². The molecule has 17 heavy (non-hydrogen) atoms. The number of aromatic nitrogens is 1. The number of hydrogen-bond acceptors (Lipinski definition) is 2. The van der Waals surface area contributed by atoms with Gasteiger partial charge >= 0.3 is 0 Å². The van der Waals surface area contributed by atoms with E-state index in [9.17, 15) is 9.18 Å². The van der Waals surface area contributed by atoms with Gasteiger partial charge in [0, 0.05) is 24.6 Å². The monoisotopic (exact) mass is 300 g/mol. The third-order valence-corrected chi connectivity index (χ3v) is 3.50. The Labute approximate surface area is 108 Å². The quantitative estimate of drug-likeness (QED) is 0.804. The predicted octanol–water partition coefficient (Wildman–Crippen LogP) is 2.47. The van der Waals surface area contributed by atoms with Crippen molar-refractivity contribution in [3.05, 3.63) is 29.8 Å². The Kier molecular flexibility index (Phi) is 4.10. The number of nitrogens with zero attached hydrogens (tertiary/aromatic N) is 2. The molecule has 0 saturated carbocycles. The van der Waals surface area contributed by atoms with Crippen LogP contribution in [0, 0.1) is 11.7 Å². The van der Waals surface area contributed by atoms with E-state index in [4.69, 9.17) is 0 Å². The zero-order chi connectivity index (χ0) is 12.3. The van der Waals surface area contributed by atoms with Crippen molar-refractivity contribution in [1.29, 1.82) is 0 Å². The van der Waals surface area contributed by atoms with Crippen molar-refractivity contribution in [2.45, 2.75) is 12.8 Å². The summed E-state index contributed by atoms with van der Waals surface area (Å²) in [6.45, 7) is 1.52. The molecule has 1 atom stereocenters. The van der Waals surface area contributed by atoms with Crippen LogP contribution in [0.2, 0.25) is 0 Å². The Morgan fingerprint density at radius 3 is 3.12 bits per heavy atom. The van der Waals surface area contributed by atoms with Gasteiger partial charge in [-0.3, -0.25) is 9.78 Å². The number of amides is 1. The minimum absolute atomic E-state index is 0.117. The summed E-state index contributed by atoms with van der Waals surface area (Å²) >= 11 is 3.41. The molecule has 1 aromatic heterocycles. The molecule has 1 aliphatic heterocycles. The largest absolute Gasteiger partial charge is 0.338 e. The molecule has 0 radical (unpaired) electrons. The lowest BCUT2D eigenvalue weighted by atomic mass is 10.1. The molecule has 0 bridgehead atoms. The van der Waals surface area contributed by atoms with Crippen LogP contribution in [-0.2, 0) is 0 Å². The normalized spacial score (nSPS) is 19.6. The lowest BCUT2D eigenvalue weighted by Crippen LogP contribution is -2.28. The first-order valence-corrected chi connectivity index (χ1v) is 6.78. The van der Waals surface area contributed by atoms with Crippen molar-refractivity contribution in [1.82, 2.24) is 9.88 Å². The van der Waals surface area contributed by atoms with Gasteiger partial charge in [0.2, 0.25) is 0 Å². The van der Waals surface area contributed by atoms with Crippen molar-refractivity contribution in [3.63, 3.8) is 0 Å². The highest BCUT2D eigenvalue weighted by molar-refractivity contribution is 9.09. The Hall–Kier alpha value is -0.970. The minimum Gasteiger partial charge on any atom is -0.338 e. The van der Waals surface area contributed by atoms with E-state index in [2.05, 4.69) is 20.9 Å². The number of alkyl halides is 1. The Morgan fingerprint density at radius 1 is 1.59 bits per heavy atom. The van der Waals surface area contributed by atoms with Gasteiger partial charge in [-0.05, 0) is 24.8 Å². The van der Waals surface area contributed by atoms with Crippen LogP contribution in [-0.4, -0.2) is 34.2 Å². The molecule has 2 heterocycles. The number of hydrogen-bond donors (Lipinski definition) is 0. The fourth-order valence-corrected chi connectivity index (χ4v) is 2.77. The van der Waals surface area contributed by atoms with Crippen LogP contribution in [0.25, 0.3) is 0 Å². The van der Waals surface area contributed by atoms with Gasteiger partial charge in [0.15, 0.2) is 0 Å². The first-order valence-electron chi connectivity index (χ1n) is 5.66. The summed E-state index contributed by atoms with van der Waals surface area (Å²) in [4.78, 5) is 17.5. The molecule has 92 valence electrons. The third-order valence-electron chi connectivity index (χ3n) is 3.04.